The molecule has 3 heteroatoms. The number of esters is 1. The molecule has 0 aromatic carbocycles. The van der Waals surface area contributed by atoms with Crippen LogP contribution in [0, 0.1) is 5.92 Å². The molecule has 2 aliphatic heterocycles. The van der Waals surface area contributed by atoms with Crippen LogP contribution in [0.5, 0.6) is 0 Å². The molecule has 98 valence electrons. The first-order valence-electron chi connectivity index (χ1n) is 6.73. The average molecular weight is 248 g/mol. The highest BCUT2D eigenvalue weighted by atomic mass is 16.6. The van der Waals surface area contributed by atoms with E-state index < -0.39 is 0 Å². The number of hydrogen-bond donors (Lipinski definition) is 0. The maximum absolute atomic E-state index is 11.7. The minimum absolute atomic E-state index is 0.00455. The number of fused-ring (bicyclic) bond motifs is 2. The molecule has 3 rings (SSSR count). The molecule has 0 N–H and O–H groups in total. The molecule has 0 bridgehead atoms. The normalized spacial score (nSPS) is 46.6. The summed E-state index contributed by atoms with van der Waals surface area (Å²) >= 11 is 0. The number of rotatable bonds is 0. The summed E-state index contributed by atoms with van der Waals surface area (Å²) in [6.07, 6.45) is 6.30. The molecule has 0 aromatic heterocycles. The summed E-state index contributed by atoms with van der Waals surface area (Å²) in [7, 11) is 0. The lowest BCUT2D eigenvalue weighted by atomic mass is 9.84. The zero-order chi connectivity index (χ0) is 12.9. The Labute approximate surface area is 108 Å². The lowest BCUT2D eigenvalue weighted by Crippen LogP contribution is -2.22. The van der Waals surface area contributed by atoms with Gasteiger partial charge in [0.1, 0.15) is 6.10 Å². The van der Waals surface area contributed by atoms with Gasteiger partial charge in [0.15, 0.2) is 0 Å². The van der Waals surface area contributed by atoms with E-state index in [2.05, 4.69) is 26.5 Å². The van der Waals surface area contributed by atoms with Gasteiger partial charge < -0.3 is 9.47 Å². The number of hydrogen-bond acceptors (Lipinski definition) is 3. The zero-order valence-electron chi connectivity index (χ0n) is 11.1. The molecule has 18 heavy (non-hydrogen) atoms. The summed E-state index contributed by atoms with van der Waals surface area (Å²) in [4.78, 5) is 11.7. The predicted octanol–water partition coefficient (Wildman–Crippen LogP) is 2.76. The third-order valence-corrected chi connectivity index (χ3v) is 4.58. The minimum Gasteiger partial charge on any atom is -0.458 e. The summed E-state index contributed by atoms with van der Waals surface area (Å²) in [5.74, 6) is -0.0924. The standard InChI is InChI=1S/C15H20O3/c1-9-5-4-6-15(3)13(18-15)8-11-10(2)14(16)17-12(11)7-9/h5,11-13H,2,4,6-8H2,1,3H3/b9-5-. The van der Waals surface area contributed by atoms with Crippen LogP contribution >= 0.6 is 0 Å². The number of carbonyl (C=O) groups is 1. The van der Waals surface area contributed by atoms with E-state index >= 15 is 0 Å². The number of epoxide rings is 1. The molecule has 3 nitrogen and oxygen atoms in total. The third kappa shape index (κ3) is 1.91. The van der Waals surface area contributed by atoms with Gasteiger partial charge in [-0.05, 0) is 33.1 Å². The van der Waals surface area contributed by atoms with Gasteiger partial charge in [0, 0.05) is 17.9 Å². The Morgan fingerprint density at radius 3 is 3.06 bits per heavy atom. The Bertz CT molecular complexity index is 437. The molecular weight excluding hydrogens is 228 g/mol. The van der Waals surface area contributed by atoms with Crippen molar-refractivity contribution in [1.82, 2.24) is 0 Å². The van der Waals surface area contributed by atoms with Crippen molar-refractivity contribution >= 4 is 5.97 Å². The van der Waals surface area contributed by atoms with Crippen LogP contribution in [0.15, 0.2) is 23.8 Å². The summed E-state index contributed by atoms with van der Waals surface area (Å²) in [5.41, 5.74) is 1.94. The van der Waals surface area contributed by atoms with E-state index in [4.69, 9.17) is 9.47 Å². The molecular formula is C15H20O3. The van der Waals surface area contributed by atoms with Crippen LogP contribution in [0.4, 0.5) is 0 Å². The maximum atomic E-state index is 11.7. The van der Waals surface area contributed by atoms with E-state index in [-0.39, 0.29) is 29.7 Å². The molecule has 0 amide bonds. The lowest BCUT2D eigenvalue weighted by Gasteiger charge is -2.19. The van der Waals surface area contributed by atoms with Crippen LogP contribution in [0.3, 0.4) is 0 Å². The first kappa shape index (κ1) is 12.0. The van der Waals surface area contributed by atoms with Gasteiger partial charge in [-0.15, -0.1) is 0 Å². The summed E-state index contributed by atoms with van der Waals surface area (Å²) in [6.45, 7) is 8.17. The van der Waals surface area contributed by atoms with Gasteiger partial charge in [-0.3, -0.25) is 0 Å². The van der Waals surface area contributed by atoms with E-state index in [1.807, 2.05) is 0 Å². The maximum Gasteiger partial charge on any atom is 0.334 e. The highest BCUT2D eigenvalue weighted by Gasteiger charge is 2.54. The second-order valence-corrected chi connectivity index (χ2v) is 6.02. The SMILES string of the molecule is C=C1C(=O)OC2C/C(C)=C\CCC3(C)OC3CC12. The van der Waals surface area contributed by atoms with E-state index in [9.17, 15) is 4.79 Å². The third-order valence-electron chi connectivity index (χ3n) is 4.58. The van der Waals surface area contributed by atoms with Crippen LogP contribution in [0.25, 0.3) is 0 Å². The van der Waals surface area contributed by atoms with Gasteiger partial charge in [-0.1, -0.05) is 18.2 Å². The Balaban J connectivity index is 1.86. The molecule has 1 aliphatic carbocycles. The molecule has 2 heterocycles. The van der Waals surface area contributed by atoms with Gasteiger partial charge in [-0.25, -0.2) is 4.79 Å². The monoisotopic (exact) mass is 248 g/mol. The second-order valence-electron chi connectivity index (χ2n) is 6.02. The van der Waals surface area contributed by atoms with Crippen molar-refractivity contribution in [1.29, 1.82) is 0 Å². The van der Waals surface area contributed by atoms with Crippen LogP contribution < -0.4 is 0 Å². The first-order valence-corrected chi connectivity index (χ1v) is 6.73. The largest absolute Gasteiger partial charge is 0.458 e. The first-order chi connectivity index (χ1) is 8.49. The van der Waals surface area contributed by atoms with E-state index in [0.717, 1.165) is 25.7 Å². The highest BCUT2D eigenvalue weighted by molar-refractivity contribution is 5.90. The summed E-state index contributed by atoms with van der Waals surface area (Å²) in [5, 5.41) is 0. The molecule has 0 aromatic rings. The van der Waals surface area contributed by atoms with Crippen LogP contribution in [0.1, 0.15) is 39.5 Å². The van der Waals surface area contributed by atoms with Gasteiger partial charge in [0.2, 0.25) is 0 Å². The molecule has 2 fully saturated rings. The molecule has 3 aliphatic rings. The predicted molar refractivity (Wildman–Crippen MR) is 68.0 cm³/mol. The van der Waals surface area contributed by atoms with E-state index in [0.29, 0.717) is 5.57 Å². The van der Waals surface area contributed by atoms with Gasteiger partial charge >= 0.3 is 5.97 Å². The number of carbonyl (C=O) groups excluding carboxylic acids is 1. The number of allylic oxidation sites excluding steroid dienone is 1. The molecule has 2 saturated heterocycles. The van der Waals surface area contributed by atoms with Crippen molar-refractivity contribution in [2.75, 3.05) is 0 Å². The zero-order valence-corrected chi connectivity index (χ0v) is 11.1. The van der Waals surface area contributed by atoms with Gasteiger partial charge in [0.25, 0.3) is 0 Å². The molecule has 0 saturated carbocycles. The average Bonchev–Trinajstić information content (AvgIpc) is 2.86. The summed E-state index contributed by atoms with van der Waals surface area (Å²) < 4.78 is 11.3. The van der Waals surface area contributed by atoms with Crippen LogP contribution in [-0.4, -0.2) is 23.8 Å². The Hall–Kier alpha value is -1.09. The number of ether oxygens (including phenoxy) is 2. The molecule has 0 spiro atoms. The van der Waals surface area contributed by atoms with E-state index in [1.165, 1.54) is 5.57 Å². The van der Waals surface area contributed by atoms with Crippen molar-refractivity contribution < 1.29 is 14.3 Å². The van der Waals surface area contributed by atoms with Crippen molar-refractivity contribution in [3.05, 3.63) is 23.8 Å². The van der Waals surface area contributed by atoms with Crippen molar-refractivity contribution in [3.8, 4) is 0 Å². The topological polar surface area (TPSA) is 38.8 Å². The lowest BCUT2D eigenvalue weighted by molar-refractivity contribution is -0.139. The van der Waals surface area contributed by atoms with Gasteiger partial charge in [0.05, 0.1) is 11.7 Å². The Kier molecular flexibility index (Phi) is 2.63. The fraction of sp³-hybridized carbons (Fsp3) is 0.667. The van der Waals surface area contributed by atoms with Crippen molar-refractivity contribution in [3.63, 3.8) is 0 Å². The minimum atomic E-state index is -0.223. The van der Waals surface area contributed by atoms with Gasteiger partial charge in [-0.2, -0.15) is 0 Å². The molecule has 4 unspecified atom stereocenters. The van der Waals surface area contributed by atoms with Crippen molar-refractivity contribution in [2.45, 2.75) is 57.3 Å². The smallest absolute Gasteiger partial charge is 0.334 e. The Morgan fingerprint density at radius 2 is 2.28 bits per heavy atom. The molecule has 4 atom stereocenters. The van der Waals surface area contributed by atoms with Crippen molar-refractivity contribution in [2.24, 2.45) is 5.92 Å². The quantitative estimate of drug-likeness (QED) is 0.286. The van der Waals surface area contributed by atoms with Crippen LogP contribution in [0.2, 0.25) is 0 Å². The fourth-order valence-corrected chi connectivity index (χ4v) is 3.19. The Morgan fingerprint density at radius 1 is 1.50 bits per heavy atom. The second kappa shape index (κ2) is 3.95. The highest BCUT2D eigenvalue weighted by Crippen LogP contribution is 2.48. The van der Waals surface area contributed by atoms with Crippen LogP contribution in [-0.2, 0) is 14.3 Å². The summed E-state index contributed by atoms with van der Waals surface area (Å²) in [6, 6.07) is 0. The molecule has 0 radical (unpaired) electrons. The van der Waals surface area contributed by atoms with E-state index in [1.54, 1.807) is 0 Å². The fourth-order valence-electron chi connectivity index (χ4n) is 3.19.